The highest BCUT2D eigenvalue weighted by Gasteiger charge is 2.24. The van der Waals surface area contributed by atoms with Gasteiger partial charge in [0, 0.05) is 19.4 Å². The van der Waals surface area contributed by atoms with Crippen molar-refractivity contribution in [3.05, 3.63) is 35.9 Å². The second kappa shape index (κ2) is 37.1. The van der Waals surface area contributed by atoms with Crippen LogP contribution in [0.2, 0.25) is 0 Å². The van der Waals surface area contributed by atoms with Crippen molar-refractivity contribution in [1.82, 2.24) is 37.2 Å². The van der Waals surface area contributed by atoms with E-state index < -0.39 is 54.8 Å². The Morgan fingerprint density at radius 3 is 2.00 bits per heavy atom. The molecule has 0 spiro atoms. The van der Waals surface area contributed by atoms with Crippen LogP contribution in [0.15, 0.2) is 30.3 Å². The second-order valence-corrected chi connectivity index (χ2v) is 10.9. The number of carbonyl (C=O) groups excluding carboxylic acids is 6. The summed E-state index contributed by atoms with van der Waals surface area (Å²) in [5.74, 6) is -0.834. The van der Waals surface area contributed by atoms with Gasteiger partial charge in [-0.3, -0.25) is 29.4 Å². The van der Waals surface area contributed by atoms with E-state index in [0.717, 1.165) is 12.6 Å². The first-order chi connectivity index (χ1) is 24.9. The summed E-state index contributed by atoms with van der Waals surface area (Å²) in [5, 5.41) is 33.1. The van der Waals surface area contributed by atoms with Crippen LogP contribution in [0.3, 0.4) is 0 Å². The van der Waals surface area contributed by atoms with Gasteiger partial charge in [-0.25, -0.2) is 0 Å². The fourth-order valence-electron chi connectivity index (χ4n) is 3.85. The van der Waals surface area contributed by atoms with Crippen molar-refractivity contribution in [1.29, 1.82) is 5.41 Å². The molecule has 3 atom stereocenters. The number of likely N-dealkylation sites (N-methyl/N-ethyl adjacent to an activating group) is 2. The Morgan fingerprint density at radius 2 is 1.54 bits per heavy atom. The number of carboxylic acid groups (broad SMARTS) is 1. The van der Waals surface area contributed by atoms with Crippen molar-refractivity contribution in [2.24, 2.45) is 5.73 Å². The number of hydrogen-bond acceptors (Lipinski definition) is 11. The van der Waals surface area contributed by atoms with Crippen LogP contribution in [0.4, 0.5) is 0 Å². The molecule has 3 unspecified atom stereocenters. The number of unbranched alkanes of at least 4 members (excludes halogenated alkanes) is 1. The molecule has 52 heavy (non-hydrogen) atoms. The molecule has 0 fully saturated rings. The lowest BCUT2D eigenvalue weighted by molar-refractivity contribution is -0.140. The lowest BCUT2D eigenvalue weighted by Crippen LogP contribution is -2.53. The first-order valence-electron chi connectivity index (χ1n) is 16.8. The summed E-state index contributed by atoms with van der Waals surface area (Å²) in [6.07, 6.45) is 9.77. The molecule has 292 valence electrons. The molecule has 4 amide bonds. The number of terminal acetylenes is 1. The van der Waals surface area contributed by atoms with Crippen molar-refractivity contribution in [2.75, 3.05) is 47.3 Å². The van der Waals surface area contributed by atoms with Crippen molar-refractivity contribution >= 4 is 48.5 Å². The molecule has 0 aliphatic carbocycles. The fraction of sp³-hybridized carbons (Fsp3) is 0.543. The van der Waals surface area contributed by atoms with Crippen molar-refractivity contribution < 1.29 is 38.7 Å². The SMILES string of the molecule is C#CCCC(=O)NCCCCC(NC(=O)CNC(=O)C(CC(=O)O)NC)C(=O)NC(C=O)CCCNC.CNCC=O.Cc1ccccc1.N=CN. The topological polar surface area (TPSA) is 274 Å². The van der Waals surface area contributed by atoms with Crippen LogP contribution in [0.1, 0.15) is 56.9 Å². The van der Waals surface area contributed by atoms with E-state index in [1.807, 2.05) is 18.2 Å². The molecule has 0 radical (unpaired) electrons. The van der Waals surface area contributed by atoms with Gasteiger partial charge in [0.2, 0.25) is 23.6 Å². The van der Waals surface area contributed by atoms with Gasteiger partial charge in [-0.15, -0.1) is 12.3 Å². The van der Waals surface area contributed by atoms with E-state index in [1.165, 1.54) is 12.6 Å². The number of hydrogen-bond donors (Lipinski definition) is 10. The molecule has 1 rings (SSSR count). The van der Waals surface area contributed by atoms with Gasteiger partial charge in [0.25, 0.3) is 0 Å². The van der Waals surface area contributed by atoms with Gasteiger partial charge < -0.3 is 57.6 Å². The second-order valence-electron chi connectivity index (χ2n) is 10.9. The lowest BCUT2D eigenvalue weighted by atomic mass is 10.1. The third-order valence-corrected chi connectivity index (χ3v) is 6.52. The predicted octanol–water partition coefficient (Wildman–Crippen LogP) is -1.01. The van der Waals surface area contributed by atoms with Gasteiger partial charge >= 0.3 is 5.97 Å². The summed E-state index contributed by atoms with van der Waals surface area (Å²) in [5.41, 5.74) is 5.71. The first kappa shape index (κ1) is 51.2. The molecule has 1 aromatic rings. The number of aldehydes is 2. The average Bonchev–Trinajstić information content (AvgIpc) is 3.12. The highest BCUT2D eigenvalue weighted by molar-refractivity contribution is 5.92. The summed E-state index contributed by atoms with van der Waals surface area (Å²) < 4.78 is 0. The van der Waals surface area contributed by atoms with Crippen LogP contribution in [0, 0.1) is 24.7 Å². The van der Waals surface area contributed by atoms with Crippen molar-refractivity contribution in [3.63, 3.8) is 0 Å². The van der Waals surface area contributed by atoms with Gasteiger partial charge in [0.05, 0.1) is 37.9 Å². The van der Waals surface area contributed by atoms with E-state index in [1.54, 1.807) is 14.1 Å². The Hall–Kier alpha value is -5.18. The number of aryl methyl sites for hydroxylation is 1. The van der Waals surface area contributed by atoms with E-state index >= 15 is 0 Å². The number of benzene rings is 1. The zero-order valence-electron chi connectivity index (χ0n) is 30.8. The molecule has 0 heterocycles. The molecule has 0 saturated carbocycles. The number of aliphatic carboxylic acids is 1. The van der Waals surface area contributed by atoms with Crippen molar-refractivity contribution in [3.8, 4) is 12.3 Å². The molecular weight excluding hydrogens is 674 g/mol. The maximum atomic E-state index is 12.8. The summed E-state index contributed by atoms with van der Waals surface area (Å²) >= 11 is 0. The van der Waals surface area contributed by atoms with E-state index in [9.17, 15) is 33.6 Å². The smallest absolute Gasteiger partial charge is 0.305 e. The van der Waals surface area contributed by atoms with Crippen LogP contribution < -0.4 is 43.0 Å². The Kier molecular flexibility index (Phi) is 36.5. The number of amides is 4. The Bertz CT molecular complexity index is 1200. The zero-order valence-corrected chi connectivity index (χ0v) is 30.8. The third kappa shape index (κ3) is 33.3. The van der Waals surface area contributed by atoms with E-state index in [0.29, 0.717) is 58.0 Å². The summed E-state index contributed by atoms with van der Waals surface area (Å²) in [4.78, 5) is 80.6. The number of rotatable bonds is 23. The molecule has 11 N–H and O–H groups in total. The van der Waals surface area contributed by atoms with E-state index in [4.69, 9.17) is 16.9 Å². The number of carboxylic acids is 1. The molecule has 0 saturated heterocycles. The first-order valence-corrected chi connectivity index (χ1v) is 16.8. The quantitative estimate of drug-likeness (QED) is 0.0213. The number of nitrogens with one attached hydrogen (secondary N) is 8. The molecule has 1 aromatic carbocycles. The largest absolute Gasteiger partial charge is 0.481 e. The third-order valence-electron chi connectivity index (χ3n) is 6.52. The van der Waals surface area contributed by atoms with Crippen LogP contribution in [-0.4, -0.2) is 119 Å². The molecular formula is C35H59N9O8. The average molecular weight is 734 g/mol. The fourth-order valence-corrected chi connectivity index (χ4v) is 3.85. The highest BCUT2D eigenvalue weighted by atomic mass is 16.4. The lowest BCUT2D eigenvalue weighted by Gasteiger charge is -2.21. The van der Waals surface area contributed by atoms with Gasteiger partial charge in [-0.05, 0) is 66.7 Å². The minimum atomic E-state index is -1.18. The van der Waals surface area contributed by atoms with E-state index in [2.05, 4.69) is 67.9 Å². The molecule has 0 aliphatic rings. The minimum Gasteiger partial charge on any atom is -0.481 e. The maximum Gasteiger partial charge on any atom is 0.305 e. The summed E-state index contributed by atoms with van der Waals surface area (Å²) in [6, 6.07) is 7.54. The predicted molar refractivity (Wildman–Crippen MR) is 200 cm³/mol. The van der Waals surface area contributed by atoms with Crippen molar-refractivity contribution in [2.45, 2.75) is 76.4 Å². The molecule has 17 heteroatoms. The van der Waals surface area contributed by atoms with Crippen LogP contribution in [0.5, 0.6) is 0 Å². The number of carbonyl (C=O) groups is 7. The Balaban J connectivity index is -0.00000131. The normalized spacial score (nSPS) is 11.2. The van der Waals surface area contributed by atoms with Crippen LogP contribution >= 0.6 is 0 Å². The monoisotopic (exact) mass is 733 g/mol. The minimum absolute atomic E-state index is 0.172. The molecule has 17 nitrogen and oxygen atoms in total. The highest BCUT2D eigenvalue weighted by Crippen LogP contribution is 2.04. The van der Waals surface area contributed by atoms with Gasteiger partial charge in [-0.2, -0.15) is 0 Å². The van der Waals surface area contributed by atoms with Gasteiger partial charge in [0.15, 0.2) is 0 Å². The molecule has 0 aliphatic heterocycles. The Morgan fingerprint density at radius 1 is 0.885 bits per heavy atom. The zero-order chi connectivity index (χ0) is 40.0. The van der Waals surface area contributed by atoms with Gasteiger partial charge in [0.1, 0.15) is 18.6 Å². The summed E-state index contributed by atoms with van der Waals surface area (Å²) in [6.45, 7) is 3.12. The van der Waals surface area contributed by atoms with Crippen LogP contribution in [-0.2, 0) is 33.6 Å². The standard InChI is InChI=1S/C24H40N6O7.C7H8.C3H7NO.CH4N2/c1-4-5-11-20(32)27-13-7-6-10-18(24(37)29-17(16-31)9-8-12-25-2)30-21(33)15-28-23(36)19(26-3)14-22(34)35;1-7-5-3-2-4-6-7;1-4-2-3-5;2-1-3/h1,16-19,25-26H,5-15H2,2-3H3,(H,27,32)(H,28,36)(H,29,37)(H,30,33)(H,34,35);2-6H,1H3;3-4H,2H2,1H3;1H,(H3,2,3). The molecule has 0 bridgehead atoms. The maximum absolute atomic E-state index is 12.8. The van der Waals surface area contributed by atoms with Crippen LogP contribution in [0.25, 0.3) is 0 Å². The molecule has 0 aromatic heterocycles. The Labute approximate surface area is 307 Å². The summed E-state index contributed by atoms with van der Waals surface area (Å²) in [7, 11) is 4.93. The van der Waals surface area contributed by atoms with E-state index in [-0.39, 0.29) is 18.7 Å². The number of nitrogens with two attached hydrogens (primary N) is 1. The van der Waals surface area contributed by atoms with Gasteiger partial charge in [-0.1, -0.05) is 35.9 Å².